The van der Waals surface area contributed by atoms with Crippen molar-refractivity contribution in [2.45, 2.75) is 19.3 Å². The van der Waals surface area contributed by atoms with Gasteiger partial charge < -0.3 is 9.84 Å². The summed E-state index contributed by atoms with van der Waals surface area (Å²) in [6.07, 6.45) is 2.71. The zero-order valence-corrected chi connectivity index (χ0v) is 6.38. The Morgan fingerprint density at radius 1 is 1.55 bits per heavy atom. The van der Waals surface area contributed by atoms with E-state index < -0.39 is 5.97 Å². The normalized spacial score (nSPS) is 27.6. The van der Waals surface area contributed by atoms with Gasteiger partial charge in [-0.15, -0.1) is 0 Å². The van der Waals surface area contributed by atoms with Crippen molar-refractivity contribution in [3.63, 3.8) is 0 Å². The predicted molar refractivity (Wildman–Crippen MR) is 38.2 cm³/mol. The molecule has 3 heteroatoms. The third-order valence-electron chi connectivity index (χ3n) is 2.73. The van der Waals surface area contributed by atoms with Gasteiger partial charge in [0, 0.05) is 5.41 Å². The largest absolute Gasteiger partial charge is 0.481 e. The second-order valence-corrected chi connectivity index (χ2v) is 3.70. The fraction of sp³-hybridized carbons (Fsp3) is 0.875. The van der Waals surface area contributed by atoms with Crippen molar-refractivity contribution in [3.8, 4) is 0 Å². The molecule has 1 saturated heterocycles. The van der Waals surface area contributed by atoms with Gasteiger partial charge in [0.05, 0.1) is 19.6 Å². The van der Waals surface area contributed by atoms with Crippen LogP contribution in [0.4, 0.5) is 0 Å². The van der Waals surface area contributed by atoms with Crippen molar-refractivity contribution in [2.75, 3.05) is 13.2 Å². The molecule has 0 bridgehead atoms. The third-order valence-corrected chi connectivity index (χ3v) is 2.73. The number of carboxylic acids is 1. The Hall–Kier alpha value is -0.570. The molecule has 0 aromatic heterocycles. The van der Waals surface area contributed by atoms with E-state index >= 15 is 0 Å². The van der Waals surface area contributed by atoms with E-state index in [0.29, 0.717) is 25.6 Å². The van der Waals surface area contributed by atoms with E-state index in [2.05, 4.69) is 0 Å². The van der Waals surface area contributed by atoms with Gasteiger partial charge in [0.2, 0.25) is 0 Å². The van der Waals surface area contributed by atoms with Gasteiger partial charge in [0.1, 0.15) is 0 Å². The van der Waals surface area contributed by atoms with Crippen LogP contribution in [0.3, 0.4) is 0 Å². The minimum Gasteiger partial charge on any atom is -0.481 e. The van der Waals surface area contributed by atoms with Crippen molar-refractivity contribution in [1.82, 2.24) is 0 Å². The van der Waals surface area contributed by atoms with Crippen LogP contribution in [-0.4, -0.2) is 24.3 Å². The molecule has 3 nitrogen and oxygen atoms in total. The molecular weight excluding hydrogens is 144 g/mol. The highest BCUT2D eigenvalue weighted by Gasteiger charge is 2.51. The number of rotatable bonds is 3. The fourth-order valence-corrected chi connectivity index (χ4v) is 1.84. The third kappa shape index (κ3) is 1.13. The summed E-state index contributed by atoms with van der Waals surface area (Å²) in [5, 5.41) is 8.64. The van der Waals surface area contributed by atoms with Crippen LogP contribution in [0.2, 0.25) is 0 Å². The second kappa shape index (κ2) is 2.21. The Morgan fingerprint density at radius 2 is 2.18 bits per heavy atom. The summed E-state index contributed by atoms with van der Waals surface area (Å²) in [5.41, 5.74) is 0.0336. The summed E-state index contributed by atoms with van der Waals surface area (Å²) in [5.74, 6) is -0.0347. The first-order valence-corrected chi connectivity index (χ1v) is 4.02. The maximum absolute atomic E-state index is 10.5. The Kier molecular flexibility index (Phi) is 1.42. The number of carbonyl (C=O) groups is 1. The summed E-state index contributed by atoms with van der Waals surface area (Å²) < 4.78 is 5.08. The molecule has 62 valence electrons. The Morgan fingerprint density at radius 3 is 2.45 bits per heavy atom. The Balaban J connectivity index is 1.98. The molecule has 11 heavy (non-hydrogen) atoms. The van der Waals surface area contributed by atoms with Crippen LogP contribution < -0.4 is 0 Å². The van der Waals surface area contributed by atoms with Crippen molar-refractivity contribution in [3.05, 3.63) is 0 Å². The minimum atomic E-state index is -0.680. The maximum Gasteiger partial charge on any atom is 0.304 e. The quantitative estimate of drug-likeness (QED) is 0.660. The molecule has 0 atom stereocenters. The lowest BCUT2D eigenvalue weighted by atomic mass is 9.78. The zero-order chi connectivity index (χ0) is 7.90. The molecular formula is C8H12O3. The highest BCUT2D eigenvalue weighted by atomic mass is 16.5. The van der Waals surface area contributed by atoms with Crippen molar-refractivity contribution in [2.24, 2.45) is 11.3 Å². The first-order chi connectivity index (χ1) is 5.23. The van der Waals surface area contributed by atoms with E-state index in [1.165, 1.54) is 12.8 Å². The standard InChI is InChI=1S/C8H12O3/c9-7(10)3-8(4-11-5-8)6-1-2-6/h6H,1-5H2,(H,9,10). The molecule has 1 N–H and O–H groups in total. The molecule has 1 saturated carbocycles. The molecule has 0 unspecified atom stereocenters. The van der Waals surface area contributed by atoms with Crippen LogP contribution in [0.5, 0.6) is 0 Å². The lowest BCUT2D eigenvalue weighted by Crippen LogP contribution is -2.45. The van der Waals surface area contributed by atoms with Gasteiger partial charge in [0.15, 0.2) is 0 Å². The summed E-state index contributed by atoms with van der Waals surface area (Å²) >= 11 is 0. The van der Waals surface area contributed by atoms with Gasteiger partial charge >= 0.3 is 5.97 Å². The average molecular weight is 156 g/mol. The van der Waals surface area contributed by atoms with Gasteiger partial charge in [-0.1, -0.05) is 0 Å². The zero-order valence-electron chi connectivity index (χ0n) is 6.38. The van der Waals surface area contributed by atoms with Crippen molar-refractivity contribution in [1.29, 1.82) is 0 Å². The fourth-order valence-electron chi connectivity index (χ4n) is 1.84. The van der Waals surface area contributed by atoms with Crippen LogP contribution in [0.15, 0.2) is 0 Å². The van der Waals surface area contributed by atoms with Crippen LogP contribution in [0, 0.1) is 11.3 Å². The van der Waals surface area contributed by atoms with E-state index in [1.807, 2.05) is 0 Å². The SMILES string of the molecule is O=C(O)CC1(C2CC2)COC1. The maximum atomic E-state index is 10.5. The average Bonchev–Trinajstić information content (AvgIpc) is 2.59. The number of carboxylic acid groups (broad SMARTS) is 1. The molecule has 2 fully saturated rings. The molecule has 1 aliphatic carbocycles. The number of hydrogen-bond acceptors (Lipinski definition) is 2. The van der Waals surface area contributed by atoms with Crippen molar-refractivity contribution >= 4 is 5.97 Å². The van der Waals surface area contributed by atoms with Gasteiger partial charge in [-0.25, -0.2) is 0 Å². The summed E-state index contributed by atoms with van der Waals surface area (Å²) in [6, 6.07) is 0. The lowest BCUT2D eigenvalue weighted by molar-refractivity contribution is -0.161. The number of ether oxygens (including phenoxy) is 1. The van der Waals surface area contributed by atoms with Crippen molar-refractivity contribution < 1.29 is 14.6 Å². The van der Waals surface area contributed by atoms with E-state index in [9.17, 15) is 4.79 Å². The first kappa shape index (κ1) is 7.10. The lowest BCUT2D eigenvalue weighted by Gasteiger charge is -2.40. The highest BCUT2D eigenvalue weighted by Crippen LogP contribution is 2.51. The predicted octanol–water partition coefficient (Wildman–Crippen LogP) is 0.888. The van der Waals surface area contributed by atoms with E-state index in [1.54, 1.807) is 0 Å². The molecule has 2 aliphatic rings. The number of aliphatic carboxylic acids is 1. The van der Waals surface area contributed by atoms with Crippen LogP contribution in [0.25, 0.3) is 0 Å². The molecule has 1 heterocycles. The summed E-state index contributed by atoms with van der Waals surface area (Å²) in [4.78, 5) is 10.5. The first-order valence-electron chi connectivity index (χ1n) is 4.02. The van der Waals surface area contributed by atoms with Gasteiger partial charge in [-0.2, -0.15) is 0 Å². The van der Waals surface area contributed by atoms with E-state index in [-0.39, 0.29) is 5.41 Å². The highest BCUT2D eigenvalue weighted by molar-refractivity contribution is 5.68. The summed E-state index contributed by atoms with van der Waals surface area (Å²) in [6.45, 7) is 1.34. The van der Waals surface area contributed by atoms with Crippen LogP contribution >= 0.6 is 0 Å². The molecule has 1 aliphatic heterocycles. The molecule has 0 aromatic carbocycles. The van der Waals surface area contributed by atoms with E-state index in [4.69, 9.17) is 9.84 Å². The monoisotopic (exact) mass is 156 g/mol. The van der Waals surface area contributed by atoms with E-state index in [0.717, 1.165) is 0 Å². The van der Waals surface area contributed by atoms with Gasteiger partial charge in [-0.05, 0) is 18.8 Å². The number of hydrogen-bond donors (Lipinski definition) is 1. The molecule has 0 radical (unpaired) electrons. The molecule has 0 amide bonds. The minimum absolute atomic E-state index is 0.0336. The molecule has 2 rings (SSSR count). The summed E-state index contributed by atoms with van der Waals surface area (Å²) in [7, 11) is 0. The van der Waals surface area contributed by atoms with Crippen LogP contribution in [-0.2, 0) is 9.53 Å². The Bertz CT molecular complexity index is 180. The van der Waals surface area contributed by atoms with Gasteiger partial charge in [0.25, 0.3) is 0 Å². The Labute approximate surface area is 65.4 Å². The van der Waals surface area contributed by atoms with Gasteiger partial charge in [-0.3, -0.25) is 4.79 Å². The smallest absolute Gasteiger partial charge is 0.304 e. The molecule has 0 spiro atoms. The molecule has 0 aromatic rings. The topological polar surface area (TPSA) is 46.5 Å². The van der Waals surface area contributed by atoms with Crippen LogP contribution in [0.1, 0.15) is 19.3 Å². The second-order valence-electron chi connectivity index (χ2n) is 3.70.